The van der Waals surface area contributed by atoms with E-state index in [-0.39, 0.29) is 21.5 Å². The fourth-order valence-corrected chi connectivity index (χ4v) is 4.44. The number of imidazole rings is 1. The van der Waals surface area contributed by atoms with E-state index >= 15 is 0 Å². The SMILES string of the molecule is O=S(=O)(NCc1ccccc1-n1ccnc1)c1c(Cl)cccc1Cl. The average Bonchev–Trinajstić information content (AvgIpc) is 3.07. The number of nitrogens with one attached hydrogen (secondary N) is 1. The first-order chi connectivity index (χ1) is 11.5. The molecule has 124 valence electrons. The summed E-state index contributed by atoms with van der Waals surface area (Å²) >= 11 is 12.0. The first-order valence-corrected chi connectivity index (χ1v) is 9.23. The molecule has 0 aliphatic heterocycles. The number of halogens is 2. The van der Waals surface area contributed by atoms with Crippen molar-refractivity contribution >= 4 is 33.2 Å². The summed E-state index contributed by atoms with van der Waals surface area (Å²) in [4.78, 5) is 3.89. The van der Waals surface area contributed by atoms with Gasteiger partial charge < -0.3 is 4.57 Å². The summed E-state index contributed by atoms with van der Waals surface area (Å²) in [6.45, 7) is 0.0955. The van der Waals surface area contributed by atoms with E-state index in [4.69, 9.17) is 23.2 Å². The molecule has 8 heteroatoms. The molecule has 3 rings (SSSR count). The molecule has 0 radical (unpaired) electrons. The third-order valence-electron chi connectivity index (χ3n) is 3.41. The second kappa shape index (κ2) is 6.94. The van der Waals surface area contributed by atoms with Crippen LogP contribution in [0.1, 0.15) is 5.56 Å². The number of benzene rings is 2. The summed E-state index contributed by atoms with van der Waals surface area (Å²) in [5.74, 6) is 0. The number of hydrogen-bond donors (Lipinski definition) is 1. The van der Waals surface area contributed by atoms with E-state index in [9.17, 15) is 8.42 Å². The molecule has 3 aromatic rings. The molecular weight excluding hydrogens is 369 g/mol. The van der Waals surface area contributed by atoms with Crippen LogP contribution < -0.4 is 4.72 Å². The van der Waals surface area contributed by atoms with Crippen LogP contribution in [-0.2, 0) is 16.6 Å². The van der Waals surface area contributed by atoms with Crippen LogP contribution in [0.4, 0.5) is 0 Å². The summed E-state index contributed by atoms with van der Waals surface area (Å²) in [6, 6.07) is 12.0. The van der Waals surface area contributed by atoms with Gasteiger partial charge in [0.2, 0.25) is 10.0 Å². The standard InChI is InChI=1S/C16H13Cl2N3O2S/c17-13-5-3-6-14(18)16(13)24(22,23)20-10-12-4-1-2-7-15(12)21-9-8-19-11-21/h1-9,11,20H,10H2. The fourth-order valence-electron chi connectivity index (χ4n) is 2.30. The minimum atomic E-state index is -3.84. The Kier molecular flexibility index (Phi) is 4.91. The highest BCUT2D eigenvalue weighted by atomic mass is 35.5. The first-order valence-electron chi connectivity index (χ1n) is 6.99. The monoisotopic (exact) mass is 381 g/mol. The van der Waals surface area contributed by atoms with Crippen LogP contribution in [0.5, 0.6) is 0 Å². The third-order valence-corrected chi connectivity index (χ3v) is 5.77. The highest BCUT2D eigenvalue weighted by molar-refractivity contribution is 7.89. The van der Waals surface area contributed by atoms with Crippen LogP contribution >= 0.6 is 23.2 Å². The highest BCUT2D eigenvalue weighted by Gasteiger charge is 2.21. The van der Waals surface area contributed by atoms with Crippen molar-refractivity contribution in [1.82, 2.24) is 14.3 Å². The van der Waals surface area contributed by atoms with Gasteiger partial charge in [-0.05, 0) is 23.8 Å². The Balaban J connectivity index is 1.89. The molecule has 0 unspecified atom stereocenters. The van der Waals surface area contributed by atoms with Crippen LogP contribution in [0.15, 0.2) is 66.1 Å². The molecule has 0 amide bonds. The van der Waals surface area contributed by atoms with Crippen molar-refractivity contribution in [3.8, 4) is 5.69 Å². The maximum Gasteiger partial charge on any atom is 0.243 e. The van der Waals surface area contributed by atoms with Crippen LogP contribution in [0.25, 0.3) is 5.69 Å². The van der Waals surface area contributed by atoms with E-state index in [1.807, 2.05) is 28.8 Å². The van der Waals surface area contributed by atoms with E-state index < -0.39 is 10.0 Å². The minimum Gasteiger partial charge on any atom is -0.306 e. The van der Waals surface area contributed by atoms with Gasteiger partial charge >= 0.3 is 0 Å². The van der Waals surface area contributed by atoms with Gasteiger partial charge in [-0.15, -0.1) is 0 Å². The third kappa shape index (κ3) is 3.47. The number of aromatic nitrogens is 2. The average molecular weight is 382 g/mol. The lowest BCUT2D eigenvalue weighted by molar-refractivity contribution is 0.581. The number of sulfonamides is 1. The normalized spacial score (nSPS) is 11.6. The molecule has 0 bridgehead atoms. The Labute approximate surface area is 149 Å². The fraction of sp³-hybridized carbons (Fsp3) is 0.0625. The van der Waals surface area contributed by atoms with Crippen molar-refractivity contribution in [2.45, 2.75) is 11.4 Å². The maximum atomic E-state index is 12.5. The molecule has 0 aliphatic rings. The topological polar surface area (TPSA) is 64.0 Å². The van der Waals surface area contributed by atoms with Crippen LogP contribution in [0.2, 0.25) is 10.0 Å². The van der Waals surface area contributed by atoms with E-state index in [0.29, 0.717) is 0 Å². The lowest BCUT2D eigenvalue weighted by atomic mass is 10.2. The molecular formula is C16H13Cl2N3O2S. The predicted octanol–water partition coefficient (Wildman–Crippen LogP) is 3.66. The Morgan fingerprint density at radius 3 is 2.42 bits per heavy atom. The molecule has 0 aliphatic carbocycles. The minimum absolute atomic E-state index is 0.0814. The van der Waals surface area contributed by atoms with Gasteiger partial charge in [-0.25, -0.2) is 18.1 Å². The molecule has 1 heterocycles. The predicted molar refractivity (Wildman–Crippen MR) is 94.1 cm³/mol. The van der Waals surface area contributed by atoms with Crippen LogP contribution in [-0.4, -0.2) is 18.0 Å². The summed E-state index contributed by atoms with van der Waals surface area (Å²) in [5, 5.41) is 0.163. The van der Waals surface area contributed by atoms with Crippen molar-refractivity contribution in [2.24, 2.45) is 0 Å². The van der Waals surface area contributed by atoms with Gasteiger partial charge in [0.05, 0.1) is 22.1 Å². The molecule has 0 atom stereocenters. The van der Waals surface area contributed by atoms with E-state index in [0.717, 1.165) is 11.3 Å². The molecule has 0 spiro atoms. The van der Waals surface area contributed by atoms with Gasteiger partial charge in [0, 0.05) is 18.9 Å². The smallest absolute Gasteiger partial charge is 0.243 e. The highest BCUT2D eigenvalue weighted by Crippen LogP contribution is 2.29. The Hall–Kier alpha value is -1.86. The van der Waals surface area contributed by atoms with Crippen molar-refractivity contribution in [3.63, 3.8) is 0 Å². The second-order valence-electron chi connectivity index (χ2n) is 4.97. The number of para-hydroxylation sites is 1. The van der Waals surface area contributed by atoms with Crippen LogP contribution in [0.3, 0.4) is 0 Å². The Morgan fingerprint density at radius 1 is 1.04 bits per heavy atom. The molecule has 0 saturated carbocycles. The van der Waals surface area contributed by atoms with Gasteiger partial charge in [-0.2, -0.15) is 0 Å². The van der Waals surface area contributed by atoms with Crippen molar-refractivity contribution in [3.05, 3.63) is 76.8 Å². The van der Waals surface area contributed by atoms with Crippen molar-refractivity contribution in [2.75, 3.05) is 0 Å². The van der Waals surface area contributed by atoms with Crippen molar-refractivity contribution < 1.29 is 8.42 Å². The number of rotatable bonds is 5. The lowest BCUT2D eigenvalue weighted by Crippen LogP contribution is -2.24. The van der Waals surface area contributed by atoms with Crippen LogP contribution in [0, 0.1) is 0 Å². The van der Waals surface area contributed by atoms with Gasteiger partial charge in [0.1, 0.15) is 4.90 Å². The summed E-state index contributed by atoms with van der Waals surface area (Å²) < 4.78 is 29.4. The van der Waals surface area contributed by atoms with Gasteiger partial charge in [0.15, 0.2) is 0 Å². The summed E-state index contributed by atoms with van der Waals surface area (Å²) in [7, 11) is -3.84. The molecule has 0 fully saturated rings. The zero-order valence-electron chi connectivity index (χ0n) is 12.4. The number of hydrogen-bond acceptors (Lipinski definition) is 3. The zero-order valence-corrected chi connectivity index (χ0v) is 14.7. The maximum absolute atomic E-state index is 12.5. The lowest BCUT2D eigenvalue weighted by Gasteiger charge is -2.13. The molecule has 24 heavy (non-hydrogen) atoms. The molecule has 1 N–H and O–H groups in total. The molecule has 2 aromatic carbocycles. The van der Waals surface area contributed by atoms with E-state index in [2.05, 4.69) is 9.71 Å². The quantitative estimate of drug-likeness (QED) is 0.733. The Bertz CT molecular complexity index is 937. The van der Waals surface area contributed by atoms with E-state index in [1.54, 1.807) is 24.8 Å². The molecule has 0 saturated heterocycles. The first kappa shape index (κ1) is 17.0. The molecule has 1 aromatic heterocycles. The largest absolute Gasteiger partial charge is 0.306 e. The van der Waals surface area contributed by atoms with Gasteiger partial charge in [0.25, 0.3) is 0 Å². The van der Waals surface area contributed by atoms with E-state index in [1.165, 1.54) is 12.1 Å². The second-order valence-corrected chi connectivity index (χ2v) is 7.49. The van der Waals surface area contributed by atoms with Crippen molar-refractivity contribution in [1.29, 1.82) is 0 Å². The Morgan fingerprint density at radius 2 is 1.75 bits per heavy atom. The molecule has 5 nitrogen and oxygen atoms in total. The zero-order chi connectivity index (χ0) is 17.2. The van der Waals surface area contributed by atoms with Gasteiger partial charge in [-0.1, -0.05) is 47.5 Å². The van der Waals surface area contributed by atoms with Gasteiger partial charge in [-0.3, -0.25) is 0 Å². The summed E-state index contributed by atoms with van der Waals surface area (Å²) in [6.07, 6.45) is 5.10. The number of nitrogens with zero attached hydrogens (tertiary/aromatic N) is 2. The summed E-state index contributed by atoms with van der Waals surface area (Å²) in [5.41, 5.74) is 1.63.